The predicted octanol–water partition coefficient (Wildman–Crippen LogP) is 2.97. The molecule has 0 aliphatic carbocycles. The van der Waals surface area contributed by atoms with Crippen LogP contribution in [0.2, 0.25) is 0 Å². The number of hydrogen-bond donors (Lipinski definition) is 1. The molecule has 18 heavy (non-hydrogen) atoms. The Hall–Kier alpha value is -1.97. The van der Waals surface area contributed by atoms with Crippen molar-refractivity contribution in [3.63, 3.8) is 0 Å². The molecule has 0 radical (unpaired) electrons. The van der Waals surface area contributed by atoms with Gasteiger partial charge in [-0.2, -0.15) is 5.10 Å². The van der Waals surface area contributed by atoms with E-state index in [1.54, 1.807) is 18.3 Å². The quantitative estimate of drug-likeness (QED) is 0.899. The molecule has 4 heteroatoms. The molecule has 0 spiro atoms. The Bertz CT molecular complexity index is 511. The van der Waals surface area contributed by atoms with Gasteiger partial charge in [0.25, 0.3) is 0 Å². The maximum absolute atomic E-state index is 12.8. The lowest BCUT2D eigenvalue weighted by atomic mass is 10.1. The highest BCUT2D eigenvalue weighted by Gasteiger charge is 2.05. The average Bonchev–Trinajstić information content (AvgIpc) is 2.32. The van der Waals surface area contributed by atoms with E-state index >= 15 is 0 Å². The standard InChI is InChI=1S/C14H16FN3/c1-10-7-14(18-16-9-10)17-11(2)8-12-3-5-13(15)6-4-12/h3-7,9,11H,8H2,1-2H3,(H,17,18). The maximum Gasteiger partial charge on any atom is 0.149 e. The molecule has 1 unspecified atom stereocenters. The summed E-state index contributed by atoms with van der Waals surface area (Å²) >= 11 is 0. The molecule has 0 bridgehead atoms. The summed E-state index contributed by atoms with van der Waals surface area (Å²) in [6.45, 7) is 4.04. The molecule has 0 fully saturated rings. The minimum absolute atomic E-state index is 0.205. The fourth-order valence-corrected chi connectivity index (χ4v) is 1.81. The van der Waals surface area contributed by atoms with Crippen LogP contribution in [0.3, 0.4) is 0 Å². The lowest BCUT2D eigenvalue weighted by molar-refractivity contribution is 0.626. The highest BCUT2D eigenvalue weighted by atomic mass is 19.1. The van der Waals surface area contributed by atoms with E-state index < -0.39 is 0 Å². The Kier molecular flexibility index (Phi) is 3.87. The summed E-state index contributed by atoms with van der Waals surface area (Å²) in [5, 5.41) is 11.2. The van der Waals surface area contributed by atoms with Crippen LogP contribution in [0.1, 0.15) is 18.1 Å². The molecule has 1 N–H and O–H groups in total. The first-order valence-corrected chi connectivity index (χ1v) is 5.94. The highest BCUT2D eigenvalue weighted by Crippen LogP contribution is 2.10. The van der Waals surface area contributed by atoms with Gasteiger partial charge in [-0.15, -0.1) is 5.10 Å². The second kappa shape index (κ2) is 5.58. The van der Waals surface area contributed by atoms with Crippen molar-refractivity contribution in [2.45, 2.75) is 26.3 Å². The van der Waals surface area contributed by atoms with Crippen molar-refractivity contribution >= 4 is 5.82 Å². The first kappa shape index (κ1) is 12.5. The van der Waals surface area contributed by atoms with E-state index in [-0.39, 0.29) is 11.9 Å². The van der Waals surface area contributed by atoms with Crippen molar-refractivity contribution in [1.82, 2.24) is 10.2 Å². The van der Waals surface area contributed by atoms with Crippen LogP contribution in [0, 0.1) is 12.7 Å². The number of benzene rings is 1. The summed E-state index contributed by atoms with van der Waals surface area (Å²) in [4.78, 5) is 0. The molecule has 0 aliphatic rings. The molecule has 0 saturated heterocycles. The smallest absolute Gasteiger partial charge is 0.149 e. The number of halogens is 1. The van der Waals surface area contributed by atoms with Gasteiger partial charge in [-0.1, -0.05) is 12.1 Å². The van der Waals surface area contributed by atoms with Crippen LogP contribution in [0.25, 0.3) is 0 Å². The summed E-state index contributed by atoms with van der Waals surface area (Å²) in [6, 6.07) is 8.73. The maximum atomic E-state index is 12.8. The Labute approximate surface area is 106 Å². The van der Waals surface area contributed by atoms with Crippen LogP contribution in [0.15, 0.2) is 36.5 Å². The molecule has 1 heterocycles. The van der Waals surface area contributed by atoms with E-state index in [2.05, 4.69) is 22.4 Å². The number of nitrogens with one attached hydrogen (secondary N) is 1. The van der Waals surface area contributed by atoms with Crippen LogP contribution in [0.4, 0.5) is 10.2 Å². The molecule has 0 saturated carbocycles. The minimum Gasteiger partial charge on any atom is -0.366 e. The zero-order valence-electron chi connectivity index (χ0n) is 10.5. The molecule has 0 amide bonds. The van der Waals surface area contributed by atoms with E-state index in [4.69, 9.17) is 0 Å². The summed E-state index contributed by atoms with van der Waals surface area (Å²) in [5.41, 5.74) is 2.17. The second-order valence-electron chi connectivity index (χ2n) is 4.49. The average molecular weight is 245 g/mol. The number of rotatable bonds is 4. The van der Waals surface area contributed by atoms with E-state index in [9.17, 15) is 4.39 Å². The third kappa shape index (κ3) is 3.52. The van der Waals surface area contributed by atoms with Gasteiger partial charge in [-0.3, -0.25) is 0 Å². The number of hydrogen-bond acceptors (Lipinski definition) is 3. The summed E-state index contributed by atoms with van der Waals surface area (Å²) in [6.07, 6.45) is 2.53. The van der Waals surface area contributed by atoms with Crippen molar-refractivity contribution in [2.24, 2.45) is 0 Å². The van der Waals surface area contributed by atoms with Gasteiger partial charge in [0.15, 0.2) is 0 Å². The van der Waals surface area contributed by atoms with Crippen molar-refractivity contribution in [3.8, 4) is 0 Å². The Balaban J connectivity index is 1.96. The van der Waals surface area contributed by atoms with Gasteiger partial charge in [0.1, 0.15) is 11.6 Å². The van der Waals surface area contributed by atoms with Crippen LogP contribution >= 0.6 is 0 Å². The van der Waals surface area contributed by atoms with Crippen molar-refractivity contribution in [1.29, 1.82) is 0 Å². The molecule has 2 rings (SSSR count). The zero-order chi connectivity index (χ0) is 13.0. The molecule has 1 aromatic carbocycles. The summed E-state index contributed by atoms with van der Waals surface area (Å²) < 4.78 is 12.8. The Morgan fingerprint density at radius 1 is 1.28 bits per heavy atom. The fraction of sp³-hybridized carbons (Fsp3) is 0.286. The Morgan fingerprint density at radius 3 is 2.67 bits per heavy atom. The van der Waals surface area contributed by atoms with Gasteiger partial charge in [-0.25, -0.2) is 4.39 Å². The normalized spacial score (nSPS) is 12.2. The molecule has 3 nitrogen and oxygen atoms in total. The van der Waals surface area contributed by atoms with Crippen molar-refractivity contribution < 1.29 is 4.39 Å². The van der Waals surface area contributed by atoms with Crippen molar-refractivity contribution in [2.75, 3.05) is 5.32 Å². The first-order valence-electron chi connectivity index (χ1n) is 5.94. The van der Waals surface area contributed by atoms with E-state index in [0.29, 0.717) is 0 Å². The highest BCUT2D eigenvalue weighted by molar-refractivity contribution is 5.36. The third-order valence-corrected chi connectivity index (χ3v) is 2.64. The van der Waals surface area contributed by atoms with E-state index in [1.807, 2.05) is 13.0 Å². The van der Waals surface area contributed by atoms with Crippen LogP contribution in [-0.2, 0) is 6.42 Å². The first-order chi connectivity index (χ1) is 8.63. The number of nitrogens with zero attached hydrogens (tertiary/aromatic N) is 2. The van der Waals surface area contributed by atoms with Gasteiger partial charge in [0.05, 0.1) is 6.20 Å². The van der Waals surface area contributed by atoms with Crippen LogP contribution < -0.4 is 5.32 Å². The SMILES string of the molecule is Cc1cnnc(NC(C)Cc2ccc(F)cc2)c1. The van der Waals surface area contributed by atoms with Gasteiger partial charge in [0, 0.05) is 6.04 Å². The monoisotopic (exact) mass is 245 g/mol. The lowest BCUT2D eigenvalue weighted by Crippen LogP contribution is -2.19. The predicted molar refractivity (Wildman–Crippen MR) is 70.0 cm³/mol. The second-order valence-corrected chi connectivity index (χ2v) is 4.49. The third-order valence-electron chi connectivity index (χ3n) is 2.64. The summed E-state index contributed by atoms with van der Waals surface area (Å²) in [7, 11) is 0. The lowest BCUT2D eigenvalue weighted by Gasteiger charge is -2.14. The van der Waals surface area contributed by atoms with Crippen molar-refractivity contribution in [3.05, 3.63) is 53.5 Å². The largest absolute Gasteiger partial charge is 0.366 e. The summed E-state index contributed by atoms with van der Waals surface area (Å²) in [5.74, 6) is 0.563. The van der Waals surface area contributed by atoms with Crippen LogP contribution in [-0.4, -0.2) is 16.2 Å². The number of anilines is 1. The van der Waals surface area contributed by atoms with Gasteiger partial charge in [0.2, 0.25) is 0 Å². The van der Waals surface area contributed by atoms with E-state index in [1.165, 1.54) is 12.1 Å². The van der Waals surface area contributed by atoms with Gasteiger partial charge >= 0.3 is 0 Å². The molecular formula is C14H16FN3. The molecule has 2 aromatic rings. The topological polar surface area (TPSA) is 37.8 Å². The Morgan fingerprint density at radius 2 is 2.00 bits per heavy atom. The minimum atomic E-state index is -0.205. The molecule has 1 aromatic heterocycles. The zero-order valence-corrected chi connectivity index (χ0v) is 10.5. The van der Waals surface area contributed by atoms with Gasteiger partial charge < -0.3 is 5.32 Å². The van der Waals surface area contributed by atoms with E-state index in [0.717, 1.165) is 23.4 Å². The molecule has 1 atom stereocenters. The molecule has 0 aliphatic heterocycles. The van der Waals surface area contributed by atoms with Crippen LogP contribution in [0.5, 0.6) is 0 Å². The fourth-order valence-electron chi connectivity index (χ4n) is 1.81. The number of aromatic nitrogens is 2. The van der Waals surface area contributed by atoms with Gasteiger partial charge in [-0.05, 0) is 49.6 Å². The molecule has 94 valence electrons. The molecular weight excluding hydrogens is 229 g/mol. The number of aryl methyl sites for hydroxylation is 1.